The molecule has 2 saturated heterocycles. The van der Waals surface area contributed by atoms with Gasteiger partial charge in [0.1, 0.15) is 0 Å². The SMILES string of the molecule is O=C(C1CCCCC1C(F)(F)F)N1CCC2(CCNC2)C1. The number of hydrogen-bond donors (Lipinski definition) is 1. The summed E-state index contributed by atoms with van der Waals surface area (Å²) in [5.74, 6) is -2.53. The molecule has 1 spiro atoms. The summed E-state index contributed by atoms with van der Waals surface area (Å²) in [5, 5.41) is 3.31. The molecule has 2 aliphatic heterocycles. The van der Waals surface area contributed by atoms with Crippen LogP contribution in [0.1, 0.15) is 38.5 Å². The molecule has 0 radical (unpaired) electrons. The molecule has 3 unspecified atom stereocenters. The van der Waals surface area contributed by atoms with Crippen molar-refractivity contribution < 1.29 is 18.0 Å². The number of rotatable bonds is 1. The third kappa shape index (κ3) is 2.91. The van der Waals surface area contributed by atoms with Crippen LogP contribution in [0.25, 0.3) is 0 Å². The van der Waals surface area contributed by atoms with E-state index in [4.69, 9.17) is 0 Å². The highest BCUT2D eigenvalue weighted by Gasteiger charge is 2.50. The second-order valence-corrected chi connectivity index (χ2v) is 6.98. The van der Waals surface area contributed by atoms with Crippen LogP contribution in [0.5, 0.6) is 0 Å². The van der Waals surface area contributed by atoms with Crippen LogP contribution in [0, 0.1) is 17.3 Å². The summed E-state index contributed by atoms with van der Waals surface area (Å²) in [6.45, 7) is 3.11. The molecule has 0 bridgehead atoms. The van der Waals surface area contributed by atoms with E-state index in [0.29, 0.717) is 25.9 Å². The summed E-state index contributed by atoms with van der Waals surface area (Å²) in [4.78, 5) is 14.3. The molecule has 120 valence electrons. The summed E-state index contributed by atoms with van der Waals surface area (Å²) >= 11 is 0. The number of likely N-dealkylation sites (tertiary alicyclic amines) is 1. The average molecular weight is 304 g/mol. The third-order valence-electron chi connectivity index (χ3n) is 5.59. The maximum Gasteiger partial charge on any atom is 0.392 e. The van der Waals surface area contributed by atoms with Crippen LogP contribution < -0.4 is 5.32 Å². The van der Waals surface area contributed by atoms with Crippen molar-refractivity contribution in [1.82, 2.24) is 10.2 Å². The Labute approximate surface area is 123 Å². The van der Waals surface area contributed by atoms with Crippen LogP contribution in [0.3, 0.4) is 0 Å². The minimum absolute atomic E-state index is 0.112. The number of halogens is 3. The topological polar surface area (TPSA) is 32.3 Å². The van der Waals surface area contributed by atoms with Gasteiger partial charge in [0.25, 0.3) is 0 Å². The summed E-state index contributed by atoms with van der Waals surface area (Å²) in [5.41, 5.74) is 0.123. The molecule has 0 aromatic rings. The van der Waals surface area contributed by atoms with Gasteiger partial charge in [-0.15, -0.1) is 0 Å². The van der Waals surface area contributed by atoms with E-state index in [1.54, 1.807) is 4.90 Å². The first-order valence-electron chi connectivity index (χ1n) is 7.98. The Kier molecular flexibility index (Phi) is 3.93. The Morgan fingerprint density at radius 3 is 2.62 bits per heavy atom. The van der Waals surface area contributed by atoms with Crippen LogP contribution in [0.15, 0.2) is 0 Å². The van der Waals surface area contributed by atoms with Crippen molar-refractivity contribution in [2.75, 3.05) is 26.2 Å². The van der Waals surface area contributed by atoms with Crippen molar-refractivity contribution in [1.29, 1.82) is 0 Å². The molecule has 1 saturated carbocycles. The van der Waals surface area contributed by atoms with Gasteiger partial charge in [0.2, 0.25) is 5.91 Å². The van der Waals surface area contributed by atoms with E-state index in [-0.39, 0.29) is 17.7 Å². The van der Waals surface area contributed by atoms with Crippen LogP contribution in [-0.4, -0.2) is 43.2 Å². The number of nitrogens with one attached hydrogen (secondary N) is 1. The molecule has 3 nitrogen and oxygen atoms in total. The lowest BCUT2D eigenvalue weighted by Crippen LogP contribution is -2.44. The summed E-state index contributed by atoms with van der Waals surface area (Å²) in [6, 6.07) is 0. The van der Waals surface area contributed by atoms with E-state index in [9.17, 15) is 18.0 Å². The second kappa shape index (κ2) is 5.45. The molecule has 2 heterocycles. The highest BCUT2D eigenvalue weighted by molar-refractivity contribution is 5.79. The predicted octanol–water partition coefficient (Wildman–Crippen LogP) is 2.57. The highest BCUT2D eigenvalue weighted by Crippen LogP contribution is 2.44. The lowest BCUT2D eigenvalue weighted by molar-refractivity contribution is -0.200. The van der Waals surface area contributed by atoms with E-state index in [2.05, 4.69) is 5.32 Å². The maximum atomic E-state index is 13.2. The summed E-state index contributed by atoms with van der Waals surface area (Å²) < 4.78 is 39.5. The molecule has 0 aromatic carbocycles. The minimum Gasteiger partial charge on any atom is -0.342 e. The van der Waals surface area contributed by atoms with Gasteiger partial charge in [-0.1, -0.05) is 12.8 Å². The minimum atomic E-state index is -4.24. The van der Waals surface area contributed by atoms with Crippen LogP contribution in [0.2, 0.25) is 0 Å². The zero-order chi connectivity index (χ0) is 15.1. The molecule has 1 aliphatic carbocycles. The number of carbonyl (C=O) groups is 1. The first-order valence-corrected chi connectivity index (χ1v) is 7.98. The van der Waals surface area contributed by atoms with Crippen molar-refractivity contribution in [3.8, 4) is 0 Å². The number of alkyl halides is 3. The fourth-order valence-electron chi connectivity index (χ4n) is 4.32. The van der Waals surface area contributed by atoms with Crippen molar-refractivity contribution in [2.45, 2.75) is 44.7 Å². The molecule has 0 aromatic heterocycles. The van der Waals surface area contributed by atoms with E-state index < -0.39 is 18.0 Å². The Morgan fingerprint density at radius 1 is 1.19 bits per heavy atom. The molecule has 21 heavy (non-hydrogen) atoms. The fraction of sp³-hybridized carbons (Fsp3) is 0.933. The van der Waals surface area contributed by atoms with Gasteiger partial charge in [0.05, 0.1) is 5.92 Å². The first-order chi connectivity index (χ1) is 9.91. The van der Waals surface area contributed by atoms with Crippen molar-refractivity contribution in [3.63, 3.8) is 0 Å². The zero-order valence-electron chi connectivity index (χ0n) is 12.2. The average Bonchev–Trinajstić information content (AvgIpc) is 3.08. The van der Waals surface area contributed by atoms with Gasteiger partial charge in [0.15, 0.2) is 0 Å². The predicted molar refractivity (Wildman–Crippen MR) is 72.6 cm³/mol. The standard InChI is InChI=1S/C15H23F3N2O/c16-15(17,18)12-4-2-1-3-11(12)13(21)20-8-6-14(10-20)5-7-19-9-14/h11-12,19H,1-10H2. The molecular formula is C15H23F3N2O. The van der Waals surface area contributed by atoms with Gasteiger partial charge in [-0.25, -0.2) is 0 Å². The fourth-order valence-corrected chi connectivity index (χ4v) is 4.32. The van der Waals surface area contributed by atoms with Crippen LogP contribution >= 0.6 is 0 Å². The second-order valence-electron chi connectivity index (χ2n) is 6.98. The molecular weight excluding hydrogens is 281 g/mol. The first kappa shape index (κ1) is 15.1. The summed E-state index contributed by atoms with van der Waals surface area (Å²) in [6.07, 6.45) is -0.455. The largest absolute Gasteiger partial charge is 0.392 e. The van der Waals surface area contributed by atoms with Crippen LogP contribution in [0.4, 0.5) is 13.2 Å². The van der Waals surface area contributed by atoms with E-state index in [0.717, 1.165) is 32.4 Å². The normalized spacial score (nSPS) is 37.4. The number of hydrogen-bond acceptors (Lipinski definition) is 2. The van der Waals surface area contributed by atoms with Crippen molar-refractivity contribution in [2.24, 2.45) is 17.3 Å². The molecule has 3 fully saturated rings. The Hall–Kier alpha value is -0.780. The zero-order valence-corrected chi connectivity index (χ0v) is 12.2. The molecule has 3 aliphatic rings. The quantitative estimate of drug-likeness (QED) is 0.807. The van der Waals surface area contributed by atoms with Gasteiger partial charge < -0.3 is 10.2 Å². The molecule has 1 N–H and O–H groups in total. The van der Waals surface area contributed by atoms with Gasteiger partial charge >= 0.3 is 6.18 Å². The third-order valence-corrected chi connectivity index (χ3v) is 5.59. The highest BCUT2D eigenvalue weighted by atomic mass is 19.4. The molecule has 1 amide bonds. The number of amides is 1. The van der Waals surface area contributed by atoms with Gasteiger partial charge in [-0.3, -0.25) is 4.79 Å². The van der Waals surface area contributed by atoms with E-state index in [1.807, 2.05) is 0 Å². The van der Waals surface area contributed by atoms with Gasteiger partial charge in [-0.2, -0.15) is 13.2 Å². The lowest BCUT2D eigenvalue weighted by Gasteiger charge is -2.35. The molecule has 3 rings (SSSR count). The van der Waals surface area contributed by atoms with Gasteiger partial charge in [-0.05, 0) is 32.2 Å². The van der Waals surface area contributed by atoms with Crippen molar-refractivity contribution in [3.05, 3.63) is 0 Å². The molecule has 3 atom stereocenters. The Morgan fingerprint density at radius 2 is 1.95 bits per heavy atom. The smallest absolute Gasteiger partial charge is 0.342 e. The Balaban J connectivity index is 1.69. The van der Waals surface area contributed by atoms with E-state index >= 15 is 0 Å². The number of nitrogens with zero attached hydrogens (tertiary/aromatic N) is 1. The lowest BCUT2D eigenvalue weighted by atomic mass is 9.78. The molecule has 6 heteroatoms. The van der Waals surface area contributed by atoms with E-state index in [1.165, 1.54) is 0 Å². The van der Waals surface area contributed by atoms with Gasteiger partial charge in [0, 0.05) is 31.0 Å². The Bertz CT molecular complexity index is 404. The maximum absolute atomic E-state index is 13.2. The van der Waals surface area contributed by atoms with Crippen LogP contribution in [-0.2, 0) is 4.79 Å². The summed E-state index contributed by atoms with van der Waals surface area (Å²) in [7, 11) is 0. The number of carbonyl (C=O) groups excluding carboxylic acids is 1. The van der Waals surface area contributed by atoms with Crippen molar-refractivity contribution >= 4 is 5.91 Å². The monoisotopic (exact) mass is 304 g/mol.